The lowest BCUT2D eigenvalue weighted by atomic mass is 9.84. The molecule has 2 aromatic carbocycles. The maximum Gasteiger partial charge on any atom is 0.315 e. The van der Waals surface area contributed by atoms with Crippen molar-refractivity contribution < 1.29 is 9.59 Å². The molecule has 1 saturated heterocycles. The number of rotatable bonds is 6. The van der Waals surface area contributed by atoms with Gasteiger partial charge < -0.3 is 25.4 Å². The Morgan fingerprint density at radius 3 is 2.46 bits per heavy atom. The molecule has 1 aliphatic rings. The van der Waals surface area contributed by atoms with Crippen molar-refractivity contribution in [3.05, 3.63) is 74.0 Å². The predicted octanol–water partition coefficient (Wildman–Crippen LogP) is 4.82. The highest BCUT2D eigenvalue weighted by Crippen LogP contribution is 2.32. The van der Waals surface area contributed by atoms with Gasteiger partial charge in [0.15, 0.2) is 0 Å². The molecule has 0 spiro atoms. The number of aryl methyl sites for hydroxylation is 2. The van der Waals surface area contributed by atoms with Gasteiger partial charge in [-0.2, -0.15) is 0 Å². The molecule has 1 fully saturated rings. The highest BCUT2D eigenvalue weighted by Gasteiger charge is 2.39. The van der Waals surface area contributed by atoms with Crippen LogP contribution in [0, 0.1) is 5.41 Å². The number of nitrogens with zero attached hydrogens (tertiary/aromatic N) is 3. The van der Waals surface area contributed by atoms with E-state index < -0.39 is 6.03 Å². The van der Waals surface area contributed by atoms with Crippen LogP contribution in [0.4, 0.5) is 10.5 Å². The summed E-state index contributed by atoms with van der Waals surface area (Å²) in [7, 11) is 1.72. The van der Waals surface area contributed by atoms with E-state index in [0.717, 1.165) is 5.56 Å². The van der Waals surface area contributed by atoms with Crippen LogP contribution in [-0.2, 0) is 13.5 Å². The number of hydrogen-bond donors (Lipinski definition) is 2. The van der Waals surface area contributed by atoms with E-state index in [1.165, 1.54) is 0 Å². The monoisotopic (exact) mass is 571 g/mol. The second-order valence-corrected chi connectivity index (χ2v) is 11.9. The number of fused-ring (bicyclic) bond motifs is 1. The number of benzene rings is 2. The number of carbonyl (C=O) groups is 2. The standard InChI is InChI=1S/C29H35Cl2N5O3/c1-29(2,3)23-17-35(14-15-36(23)28(32)39)25-24(19-9-5-6-10-22(19)34(4)27(25)38)26(37)33-13-7-8-18-11-12-20(30)21(31)16-18/h5-6,9-12,16,23H,7-8,13-15,17H2,1-4H3,(H2,32,39)(H,33,37). The molecule has 2 heterocycles. The molecule has 208 valence electrons. The fraction of sp³-hybridized carbons (Fsp3) is 0.414. The second-order valence-electron chi connectivity index (χ2n) is 11.1. The third-order valence-electron chi connectivity index (χ3n) is 7.40. The Hall–Kier alpha value is -3.23. The van der Waals surface area contributed by atoms with E-state index in [1.807, 2.05) is 62.1 Å². The molecule has 3 N–H and O–H groups in total. The molecule has 39 heavy (non-hydrogen) atoms. The van der Waals surface area contributed by atoms with Gasteiger partial charge in [-0.15, -0.1) is 0 Å². The van der Waals surface area contributed by atoms with Gasteiger partial charge in [-0.25, -0.2) is 4.79 Å². The number of halogens is 2. The lowest BCUT2D eigenvalue weighted by Gasteiger charge is -2.47. The molecule has 8 nitrogen and oxygen atoms in total. The minimum atomic E-state index is -0.485. The summed E-state index contributed by atoms with van der Waals surface area (Å²) < 4.78 is 1.58. The molecular formula is C29H35Cl2N5O3. The zero-order valence-electron chi connectivity index (χ0n) is 22.8. The van der Waals surface area contributed by atoms with E-state index in [-0.39, 0.29) is 22.9 Å². The van der Waals surface area contributed by atoms with Gasteiger partial charge in [-0.05, 0) is 42.0 Å². The van der Waals surface area contributed by atoms with Crippen LogP contribution in [-0.4, -0.2) is 53.6 Å². The fourth-order valence-corrected chi connectivity index (χ4v) is 5.59. The van der Waals surface area contributed by atoms with Crippen molar-refractivity contribution in [2.24, 2.45) is 18.2 Å². The van der Waals surface area contributed by atoms with Crippen molar-refractivity contribution in [1.29, 1.82) is 0 Å². The number of piperazine rings is 1. The van der Waals surface area contributed by atoms with Crippen molar-refractivity contribution in [3.8, 4) is 0 Å². The number of urea groups is 1. The Kier molecular flexibility index (Phi) is 8.47. The number of nitrogens with two attached hydrogens (primary N) is 1. The van der Waals surface area contributed by atoms with Gasteiger partial charge in [0.25, 0.3) is 11.5 Å². The first-order chi connectivity index (χ1) is 18.4. The minimum Gasteiger partial charge on any atom is -0.363 e. The highest BCUT2D eigenvalue weighted by atomic mass is 35.5. The molecule has 0 bridgehead atoms. The second kappa shape index (κ2) is 11.5. The van der Waals surface area contributed by atoms with Crippen LogP contribution in [0.3, 0.4) is 0 Å². The van der Waals surface area contributed by atoms with Crippen molar-refractivity contribution in [2.75, 3.05) is 31.1 Å². The molecule has 0 radical (unpaired) electrons. The van der Waals surface area contributed by atoms with Crippen molar-refractivity contribution >= 4 is 51.7 Å². The summed E-state index contributed by atoms with van der Waals surface area (Å²) in [6.45, 7) is 7.67. The van der Waals surface area contributed by atoms with Crippen molar-refractivity contribution in [1.82, 2.24) is 14.8 Å². The van der Waals surface area contributed by atoms with E-state index in [1.54, 1.807) is 22.6 Å². The van der Waals surface area contributed by atoms with E-state index in [2.05, 4.69) is 5.32 Å². The molecule has 1 aliphatic heterocycles. The molecule has 0 aliphatic carbocycles. The average molecular weight is 573 g/mol. The Balaban J connectivity index is 1.66. The first-order valence-electron chi connectivity index (χ1n) is 13.0. The number of primary amides is 1. The van der Waals surface area contributed by atoms with Crippen molar-refractivity contribution in [2.45, 2.75) is 39.7 Å². The van der Waals surface area contributed by atoms with Gasteiger partial charge in [-0.3, -0.25) is 9.59 Å². The smallest absolute Gasteiger partial charge is 0.315 e. The Morgan fingerprint density at radius 1 is 1.08 bits per heavy atom. The van der Waals surface area contributed by atoms with Gasteiger partial charge >= 0.3 is 6.03 Å². The quantitative estimate of drug-likeness (QED) is 0.414. The summed E-state index contributed by atoms with van der Waals surface area (Å²) >= 11 is 12.1. The van der Waals surface area contributed by atoms with Gasteiger partial charge in [0.2, 0.25) is 0 Å². The normalized spacial score (nSPS) is 16.0. The zero-order chi connectivity index (χ0) is 28.5. The molecular weight excluding hydrogens is 537 g/mol. The van der Waals surface area contributed by atoms with Crippen LogP contribution in [0.2, 0.25) is 10.0 Å². The predicted molar refractivity (Wildman–Crippen MR) is 158 cm³/mol. The summed E-state index contributed by atoms with van der Waals surface area (Å²) in [6.07, 6.45) is 1.40. The third kappa shape index (κ3) is 6.02. The molecule has 1 aromatic heterocycles. The Morgan fingerprint density at radius 2 is 1.79 bits per heavy atom. The largest absolute Gasteiger partial charge is 0.363 e. The zero-order valence-corrected chi connectivity index (χ0v) is 24.3. The van der Waals surface area contributed by atoms with Gasteiger partial charge in [-0.1, -0.05) is 68.2 Å². The number of anilines is 1. The van der Waals surface area contributed by atoms with Crippen LogP contribution >= 0.6 is 23.2 Å². The van der Waals surface area contributed by atoms with Crippen LogP contribution in [0.5, 0.6) is 0 Å². The lowest BCUT2D eigenvalue weighted by molar-refractivity contribution is 0.0952. The maximum atomic E-state index is 13.8. The van der Waals surface area contributed by atoms with Crippen molar-refractivity contribution in [3.63, 3.8) is 0 Å². The fourth-order valence-electron chi connectivity index (χ4n) is 5.27. The molecule has 0 saturated carbocycles. The number of nitrogens with one attached hydrogen (secondary N) is 1. The molecule has 3 amide bonds. The molecule has 4 rings (SSSR count). The van der Waals surface area contributed by atoms with Gasteiger partial charge in [0.1, 0.15) is 5.69 Å². The number of amides is 3. The lowest BCUT2D eigenvalue weighted by Crippen LogP contribution is -2.61. The number of aromatic nitrogens is 1. The Bertz CT molecular complexity index is 1460. The topological polar surface area (TPSA) is 101 Å². The first kappa shape index (κ1) is 28.8. The molecule has 1 atom stereocenters. The third-order valence-corrected chi connectivity index (χ3v) is 8.14. The van der Waals surface area contributed by atoms with E-state index >= 15 is 0 Å². The maximum absolute atomic E-state index is 13.8. The molecule has 1 unspecified atom stereocenters. The van der Waals surface area contributed by atoms with Gasteiger partial charge in [0, 0.05) is 38.6 Å². The number of hydrogen-bond acceptors (Lipinski definition) is 4. The van der Waals surface area contributed by atoms with Gasteiger partial charge in [0.05, 0.1) is 27.2 Å². The van der Waals surface area contributed by atoms with E-state index in [9.17, 15) is 14.4 Å². The summed E-state index contributed by atoms with van der Waals surface area (Å²) in [5.74, 6) is -0.308. The van der Waals surface area contributed by atoms with Crippen LogP contribution < -0.4 is 21.5 Å². The number of carbonyl (C=O) groups excluding carboxylic acids is 2. The summed E-state index contributed by atoms with van der Waals surface area (Å²) in [5, 5.41) is 4.72. The average Bonchev–Trinajstić information content (AvgIpc) is 2.89. The summed E-state index contributed by atoms with van der Waals surface area (Å²) in [6, 6.07) is 12.2. The molecule has 10 heteroatoms. The summed E-state index contributed by atoms with van der Waals surface area (Å²) in [5.41, 5.74) is 7.55. The number of pyridine rings is 1. The van der Waals surface area contributed by atoms with E-state index in [0.29, 0.717) is 71.2 Å². The summed E-state index contributed by atoms with van der Waals surface area (Å²) in [4.78, 5) is 43.3. The van der Waals surface area contributed by atoms with Crippen LogP contribution in [0.15, 0.2) is 47.3 Å². The number of para-hydroxylation sites is 1. The Labute approximate surface area is 238 Å². The van der Waals surface area contributed by atoms with E-state index in [4.69, 9.17) is 28.9 Å². The first-order valence-corrected chi connectivity index (χ1v) is 13.8. The molecule has 3 aromatic rings. The SMILES string of the molecule is Cn1c(=O)c(N2CCN(C(N)=O)C(C(C)(C)C)C2)c(C(=O)NCCCc2ccc(Cl)c(Cl)c2)c2ccccc21. The van der Waals surface area contributed by atoms with Crippen LogP contribution in [0.25, 0.3) is 10.9 Å². The minimum absolute atomic E-state index is 0.234. The van der Waals surface area contributed by atoms with Crippen LogP contribution in [0.1, 0.15) is 43.1 Å². The highest BCUT2D eigenvalue weighted by molar-refractivity contribution is 6.42.